The van der Waals surface area contributed by atoms with E-state index >= 15 is 0 Å². The molecule has 0 spiro atoms. The van der Waals surface area contributed by atoms with Gasteiger partial charge in [-0.25, -0.2) is 0 Å². The van der Waals surface area contributed by atoms with Gasteiger partial charge in [-0.05, 0) is 60.8 Å². The number of benzene rings is 1. The van der Waals surface area contributed by atoms with Gasteiger partial charge >= 0.3 is 0 Å². The average molecular weight is 247 g/mol. The molecule has 0 saturated carbocycles. The SMILES string of the molecule is c1cc(C2CCCN2)ccc1C1CCSCC1. The predicted molar refractivity (Wildman–Crippen MR) is 75.7 cm³/mol. The molecule has 1 N–H and O–H groups in total. The maximum atomic E-state index is 3.57. The smallest absolute Gasteiger partial charge is 0.0320 e. The van der Waals surface area contributed by atoms with Crippen molar-refractivity contribution in [1.29, 1.82) is 0 Å². The molecule has 0 amide bonds. The van der Waals surface area contributed by atoms with Crippen molar-refractivity contribution in [3.8, 4) is 0 Å². The Bertz CT molecular complexity index is 348. The third-order valence-corrected chi connectivity index (χ3v) is 5.14. The highest BCUT2D eigenvalue weighted by atomic mass is 32.2. The second kappa shape index (κ2) is 5.45. The van der Waals surface area contributed by atoms with Crippen LogP contribution in [-0.2, 0) is 0 Å². The van der Waals surface area contributed by atoms with Gasteiger partial charge in [0, 0.05) is 6.04 Å². The lowest BCUT2D eigenvalue weighted by Crippen LogP contribution is -2.13. The maximum absolute atomic E-state index is 3.57. The molecule has 2 heterocycles. The van der Waals surface area contributed by atoms with Gasteiger partial charge < -0.3 is 5.32 Å². The Labute approximate surface area is 108 Å². The minimum atomic E-state index is 0.617. The Kier molecular flexibility index (Phi) is 3.72. The molecule has 1 atom stereocenters. The average Bonchev–Trinajstić information content (AvgIpc) is 2.94. The lowest BCUT2D eigenvalue weighted by molar-refractivity contribution is 0.630. The molecular formula is C15H21NS. The molecule has 0 radical (unpaired) electrons. The number of nitrogens with one attached hydrogen (secondary N) is 1. The lowest BCUT2D eigenvalue weighted by Gasteiger charge is -2.22. The number of hydrogen-bond acceptors (Lipinski definition) is 2. The van der Waals surface area contributed by atoms with Gasteiger partial charge in [0.25, 0.3) is 0 Å². The van der Waals surface area contributed by atoms with Gasteiger partial charge in [0.1, 0.15) is 0 Å². The van der Waals surface area contributed by atoms with Gasteiger partial charge in [-0.3, -0.25) is 0 Å². The van der Waals surface area contributed by atoms with Crippen molar-refractivity contribution in [2.75, 3.05) is 18.1 Å². The summed E-state index contributed by atoms with van der Waals surface area (Å²) in [5.41, 5.74) is 3.04. The number of hydrogen-bond donors (Lipinski definition) is 1. The van der Waals surface area contributed by atoms with Gasteiger partial charge in [-0.1, -0.05) is 24.3 Å². The van der Waals surface area contributed by atoms with E-state index in [1.807, 2.05) is 0 Å². The van der Waals surface area contributed by atoms with E-state index in [1.54, 1.807) is 5.56 Å². The molecule has 1 aromatic rings. The molecule has 17 heavy (non-hydrogen) atoms. The lowest BCUT2D eigenvalue weighted by atomic mass is 9.92. The van der Waals surface area contributed by atoms with Crippen LogP contribution in [0.2, 0.25) is 0 Å². The van der Waals surface area contributed by atoms with Gasteiger partial charge in [-0.2, -0.15) is 11.8 Å². The molecule has 3 rings (SSSR count). The molecule has 0 bridgehead atoms. The van der Waals surface area contributed by atoms with E-state index in [9.17, 15) is 0 Å². The first-order valence-corrected chi connectivity index (χ1v) is 8.00. The van der Waals surface area contributed by atoms with E-state index in [0.717, 1.165) is 5.92 Å². The highest BCUT2D eigenvalue weighted by Gasteiger charge is 2.18. The molecule has 2 saturated heterocycles. The zero-order valence-electron chi connectivity index (χ0n) is 10.3. The van der Waals surface area contributed by atoms with E-state index < -0.39 is 0 Å². The highest BCUT2D eigenvalue weighted by molar-refractivity contribution is 7.99. The number of rotatable bonds is 2. The van der Waals surface area contributed by atoms with Crippen LogP contribution in [0.1, 0.15) is 48.8 Å². The maximum Gasteiger partial charge on any atom is 0.0320 e. The third-order valence-electron chi connectivity index (χ3n) is 4.09. The summed E-state index contributed by atoms with van der Waals surface area (Å²) in [6.45, 7) is 1.19. The van der Waals surface area contributed by atoms with Crippen molar-refractivity contribution in [1.82, 2.24) is 5.32 Å². The molecule has 0 aliphatic carbocycles. The molecule has 0 aromatic heterocycles. The Morgan fingerprint density at radius 3 is 2.29 bits per heavy atom. The summed E-state index contributed by atoms with van der Waals surface area (Å²) in [5, 5.41) is 3.57. The van der Waals surface area contributed by atoms with Crippen LogP contribution in [0.15, 0.2) is 24.3 Å². The Balaban J connectivity index is 1.70. The van der Waals surface area contributed by atoms with Gasteiger partial charge in [0.2, 0.25) is 0 Å². The van der Waals surface area contributed by atoms with E-state index in [0.29, 0.717) is 6.04 Å². The van der Waals surface area contributed by atoms with Crippen LogP contribution < -0.4 is 5.32 Å². The van der Waals surface area contributed by atoms with E-state index in [1.165, 1.54) is 49.3 Å². The molecule has 1 nitrogen and oxygen atoms in total. The first-order chi connectivity index (χ1) is 8.43. The summed E-state index contributed by atoms with van der Waals surface area (Å²) < 4.78 is 0. The standard InChI is InChI=1S/C15H21NS/c1-2-15(16-9-1)14-5-3-12(4-6-14)13-7-10-17-11-8-13/h3-6,13,15-16H,1-2,7-11H2. The molecule has 1 unspecified atom stereocenters. The van der Waals surface area contributed by atoms with Crippen LogP contribution in [0.4, 0.5) is 0 Å². The fourth-order valence-corrected chi connectivity index (χ4v) is 4.11. The van der Waals surface area contributed by atoms with Crippen LogP contribution in [0.3, 0.4) is 0 Å². The zero-order valence-corrected chi connectivity index (χ0v) is 11.1. The van der Waals surface area contributed by atoms with Crippen LogP contribution >= 0.6 is 11.8 Å². The van der Waals surface area contributed by atoms with Crippen LogP contribution in [0.5, 0.6) is 0 Å². The summed E-state index contributed by atoms with van der Waals surface area (Å²) in [6.07, 6.45) is 5.36. The Morgan fingerprint density at radius 1 is 0.941 bits per heavy atom. The van der Waals surface area contributed by atoms with Crippen molar-refractivity contribution >= 4 is 11.8 Å². The monoisotopic (exact) mass is 247 g/mol. The van der Waals surface area contributed by atoms with E-state index in [2.05, 4.69) is 41.3 Å². The quantitative estimate of drug-likeness (QED) is 0.855. The van der Waals surface area contributed by atoms with Gasteiger partial charge in [0.05, 0.1) is 0 Å². The summed E-state index contributed by atoms with van der Waals surface area (Å²) >= 11 is 2.11. The van der Waals surface area contributed by atoms with E-state index in [-0.39, 0.29) is 0 Å². The number of thioether (sulfide) groups is 1. The van der Waals surface area contributed by atoms with Gasteiger partial charge in [-0.15, -0.1) is 0 Å². The normalized spacial score (nSPS) is 26.2. The fourth-order valence-electron chi connectivity index (χ4n) is 3.00. The summed E-state index contributed by atoms with van der Waals surface area (Å²) in [5.74, 6) is 3.51. The molecule has 2 fully saturated rings. The highest BCUT2D eigenvalue weighted by Crippen LogP contribution is 2.32. The fraction of sp³-hybridized carbons (Fsp3) is 0.600. The molecular weight excluding hydrogens is 226 g/mol. The first kappa shape index (κ1) is 11.6. The summed E-state index contributed by atoms with van der Waals surface area (Å²) in [6, 6.07) is 10.1. The molecule has 2 heteroatoms. The van der Waals surface area contributed by atoms with Crippen LogP contribution in [-0.4, -0.2) is 18.1 Å². The largest absolute Gasteiger partial charge is 0.310 e. The van der Waals surface area contributed by atoms with Crippen LogP contribution in [0.25, 0.3) is 0 Å². The minimum Gasteiger partial charge on any atom is -0.310 e. The molecule has 1 aromatic carbocycles. The molecule has 92 valence electrons. The van der Waals surface area contributed by atoms with Crippen molar-refractivity contribution in [2.45, 2.75) is 37.6 Å². The van der Waals surface area contributed by atoms with Crippen LogP contribution in [0, 0.1) is 0 Å². The Hall–Kier alpha value is -0.470. The topological polar surface area (TPSA) is 12.0 Å². The van der Waals surface area contributed by atoms with Crippen molar-refractivity contribution in [2.24, 2.45) is 0 Å². The molecule has 2 aliphatic rings. The second-order valence-electron chi connectivity index (χ2n) is 5.20. The predicted octanol–water partition coefficient (Wildman–Crippen LogP) is 3.72. The third kappa shape index (κ3) is 2.69. The Morgan fingerprint density at radius 2 is 1.65 bits per heavy atom. The van der Waals surface area contributed by atoms with Crippen molar-refractivity contribution < 1.29 is 0 Å². The van der Waals surface area contributed by atoms with Gasteiger partial charge in [0.15, 0.2) is 0 Å². The zero-order chi connectivity index (χ0) is 11.5. The first-order valence-electron chi connectivity index (χ1n) is 6.84. The van der Waals surface area contributed by atoms with Crippen molar-refractivity contribution in [3.63, 3.8) is 0 Å². The minimum absolute atomic E-state index is 0.617. The van der Waals surface area contributed by atoms with Crippen molar-refractivity contribution in [3.05, 3.63) is 35.4 Å². The molecule has 2 aliphatic heterocycles. The van der Waals surface area contributed by atoms with E-state index in [4.69, 9.17) is 0 Å². The summed E-state index contributed by atoms with van der Waals surface area (Å²) in [4.78, 5) is 0. The second-order valence-corrected chi connectivity index (χ2v) is 6.43. The summed E-state index contributed by atoms with van der Waals surface area (Å²) in [7, 11) is 0.